The number of aromatic nitrogens is 2. The van der Waals surface area contributed by atoms with E-state index in [1.165, 1.54) is 0 Å². The van der Waals surface area contributed by atoms with Crippen molar-refractivity contribution in [3.8, 4) is 11.5 Å². The number of ether oxygens (including phenoxy) is 2. The number of aliphatic carboxylic acids is 1. The maximum Gasteiger partial charge on any atom is 0.331 e. The van der Waals surface area contributed by atoms with Gasteiger partial charge in [0.15, 0.2) is 11.5 Å². The van der Waals surface area contributed by atoms with E-state index in [4.69, 9.17) is 21.1 Å². The fourth-order valence-corrected chi connectivity index (χ4v) is 3.89. The van der Waals surface area contributed by atoms with Crippen molar-refractivity contribution in [2.45, 2.75) is 39.2 Å². The highest BCUT2D eigenvalue weighted by Crippen LogP contribution is 2.33. The van der Waals surface area contributed by atoms with Crippen LogP contribution < -0.4 is 9.47 Å². The van der Waals surface area contributed by atoms with Gasteiger partial charge in [-0.3, -0.25) is 0 Å². The summed E-state index contributed by atoms with van der Waals surface area (Å²) in [6.45, 7) is 2.85. The van der Waals surface area contributed by atoms with Crippen LogP contribution in [0, 0.1) is 0 Å². The van der Waals surface area contributed by atoms with Crippen molar-refractivity contribution in [1.29, 1.82) is 0 Å². The van der Waals surface area contributed by atoms with Crippen LogP contribution in [0.5, 0.6) is 11.5 Å². The number of hydrogen-bond donors (Lipinski definition) is 1. The minimum atomic E-state index is -0.969. The first-order valence-corrected chi connectivity index (χ1v) is 11.0. The number of aryl methyl sites for hydroxylation is 1. The van der Waals surface area contributed by atoms with Gasteiger partial charge in [0.25, 0.3) is 0 Å². The predicted octanol–water partition coefficient (Wildman–Crippen LogP) is 5.37. The number of carbonyl (C=O) groups is 1. The Morgan fingerprint density at radius 1 is 1.22 bits per heavy atom. The predicted molar refractivity (Wildman–Crippen MR) is 123 cm³/mol. The Labute approximate surface area is 192 Å². The van der Waals surface area contributed by atoms with Crippen LogP contribution in [-0.4, -0.2) is 27.4 Å². The van der Waals surface area contributed by atoms with Gasteiger partial charge in [-0.25, -0.2) is 9.78 Å². The number of nitrogens with zero attached hydrogens (tertiary/aromatic N) is 2. The lowest BCUT2D eigenvalue weighted by Crippen LogP contribution is -2.09. The molecule has 0 spiro atoms. The van der Waals surface area contributed by atoms with Gasteiger partial charge >= 0.3 is 5.97 Å². The van der Waals surface area contributed by atoms with Crippen LogP contribution >= 0.6 is 11.6 Å². The van der Waals surface area contributed by atoms with E-state index in [1.54, 1.807) is 12.3 Å². The van der Waals surface area contributed by atoms with Crippen molar-refractivity contribution >= 4 is 23.6 Å². The first-order chi connectivity index (χ1) is 15.5. The normalized spacial score (nSPS) is 12.9. The largest absolute Gasteiger partial charge is 0.478 e. The number of benzene rings is 2. The minimum absolute atomic E-state index is 0.183. The Kier molecular flexibility index (Phi) is 6.81. The average Bonchev–Trinajstić information content (AvgIpc) is 3.40. The molecular formula is C25H25ClN2O4. The van der Waals surface area contributed by atoms with E-state index in [9.17, 15) is 9.90 Å². The van der Waals surface area contributed by atoms with Crippen LogP contribution in [-0.2, 0) is 24.2 Å². The van der Waals surface area contributed by atoms with Gasteiger partial charge in [0.05, 0.1) is 18.4 Å². The summed E-state index contributed by atoms with van der Waals surface area (Å²) in [5.41, 5.74) is 2.82. The molecule has 32 heavy (non-hydrogen) atoms. The molecule has 1 aliphatic heterocycles. The van der Waals surface area contributed by atoms with Crippen molar-refractivity contribution in [3.05, 3.63) is 81.9 Å². The molecule has 6 nitrogen and oxygen atoms in total. The van der Waals surface area contributed by atoms with Gasteiger partial charge in [0.1, 0.15) is 5.82 Å². The molecule has 0 saturated carbocycles. The second kappa shape index (κ2) is 9.92. The molecule has 0 saturated heterocycles. The van der Waals surface area contributed by atoms with Gasteiger partial charge in [-0.15, -0.1) is 0 Å². The van der Waals surface area contributed by atoms with Crippen molar-refractivity contribution in [2.24, 2.45) is 0 Å². The lowest BCUT2D eigenvalue weighted by molar-refractivity contribution is -0.132. The van der Waals surface area contributed by atoms with E-state index in [1.807, 2.05) is 42.5 Å². The monoisotopic (exact) mass is 452 g/mol. The summed E-state index contributed by atoms with van der Waals surface area (Å²) in [5.74, 6) is 1.26. The van der Waals surface area contributed by atoms with Crippen LogP contribution in [0.1, 0.15) is 42.4 Å². The third kappa shape index (κ3) is 4.97. The molecule has 0 aliphatic carbocycles. The van der Waals surface area contributed by atoms with Crippen LogP contribution in [0.25, 0.3) is 6.08 Å². The van der Waals surface area contributed by atoms with Gasteiger partial charge in [-0.05, 0) is 41.8 Å². The molecule has 1 N–H and O–H groups in total. The van der Waals surface area contributed by atoms with Gasteiger partial charge in [-0.2, -0.15) is 0 Å². The highest BCUT2D eigenvalue weighted by atomic mass is 35.5. The highest BCUT2D eigenvalue weighted by molar-refractivity contribution is 6.31. The number of hydrogen-bond acceptors (Lipinski definition) is 4. The SMILES string of the molecule is CCCCc1ncc(C=C(Cc2ccc3c(c2)OCO3)C(=O)O)n1Cc1ccccc1Cl. The Balaban J connectivity index is 1.67. The van der Waals surface area contributed by atoms with Gasteiger partial charge in [-0.1, -0.05) is 49.2 Å². The van der Waals surface area contributed by atoms with E-state index in [0.29, 0.717) is 23.1 Å². The standard InChI is InChI=1S/C25H25ClN2O4/c1-2-3-8-24-27-14-20(28(24)15-18-6-4-5-7-21(18)26)13-19(25(29)30)11-17-9-10-22-23(12-17)32-16-31-22/h4-7,9-10,12-14H,2-3,8,11,15-16H2,1H3,(H,29,30). The zero-order valence-corrected chi connectivity index (χ0v) is 18.6. The number of imidazole rings is 1. The molecule has 3 aromatic rings. The van der Waals surface area contributed by atoms with Crippen molar-refractivity contribution in [1.82, 2.24) is 9.55 Å². The first kappa shape index (κ1) is 22.0. The third-order valence-electron chi connectivity index (χ3n) is 5.44. The van der Waals surface area contributed by atoms with Crippen LogP contribution in [0.3, 0.4) is 0 Å². The Morgan fingerprint density at radius 2 is 2.03 bits per heavy atom. The summed E-state index contributed by atoms with van der Waals surface area (Å²) < 4.78 is 12.8. The van der Waals surface area contributed by atoms with Crippen LogP contribution in [0.4, 0.5) is 0 Å². The molecule has 0 radical (unpaired) electrons. The number of halogens is 1. The van der Waals surface area contributed by atoms with Gasteiger partial charge < -0.3 is 19.1 Å². The number of unbranched alkanes of at least 4 members (excludes halogenated alkanes) is 1. The number of fused-ring (bicyclic) bond motifs is 1. The summed E-state index contributed by atoms with van der Waals surface area (Å²) in [6, 6.07) is 13.2. The van der Waals surface area contributed by atoms with Crippen LogP contribution in [0.2, 0.25) is 5.02 Å². The highest BCUT2D eigenvalue weighted by Gasteiger charge is 2.17. The molecule has 4 rings (SSSR count). The second-order valence-electron chi connectivity index (χ2n) is 7.72. The first-order valence-electron chi connectivity index (χ1n) is 10.7. The quantitative estimate of drug-likeness (QED) is 0.442. The lowest BCUT2D eigenvalue weighted by Gasteiger charge is -2.12. The Bertz CT molecular complexity index is 1150. The maximum absolute atomic E-state index is 12.1. The molecule has 2 aromatic carbocycles. The molecule has 0 bridgehead atoms. The zero-order chi connectivity index (χ0) is 22.5. The molecule has 0 atom stereocenters. The van der Waals surface area contributed by atoms with E-state index < -0.39 is 5.97 Å². The molecule has 166 valence electrons. The molecule has 7 heteroatoms. The fourth-order valence-electron chi connectivity index (χ4n) is 3.70. The third-order valence-corrected chi connectivity index (χ3v) is 5.81. The van der Waals surface area contributed by atoms with E-state index in [-0.39, 0.29) is 18.8 Å². The lowest BCUT2D eigenvalue weighted by atomic mass is 10.0. The molecule has 1 aromatic heterocycles. The fraction of sp³-hybridized carbons (Fsp3) is 0.280. The molecule has 2 heterocycles. The van der Waals surface area contributed by atoms with Gasteiger partial charge in [0, 0.05) is 23.4 Å². The number of carboxylic acid groups (broad SMARTS) is 1. The number of carboxylic acids is 1. The summed E-state index contributed by atoms with van der Waals surface area (Å²) >= 11 is 6.39. The average molecular weight is 453 g/mol. The van der Waals surface area contributed by atoms with Crippen molar-refractivity contribution in [2.75, 3.05) is 6.79 Å². The summed E-state index contributed by atoms with van der Waals surface area (Å²) in [4.78, 5) is 16.7. The summed E-state index contributed by atoms with van der Waals surface area (Å²) in [6.07, 6.45) is 6.57. The Morgan fingerprint density at radius 3 is 2.81 bits per heavy atom. The smallest absolute Gasteiger partial charge is 0.331 e. The van der Waals surface area contributed by atoms with E-state index in [0.717, 1.165) is 41.9 Å². The summed E-state index contributed by atoms with van der Waals surface area (Å²) in [5, 5.41) is 10.6. The van der Waals surface area contributed by atoms with E-state index >= 15 is 0 Å². The molecule has 0 unspecified atom stereocenters. The number of rotatable bonds is 9. The van der Waals surface area contributed by atoms with E-state index in [2.05, 4.69) is 16.5 Å². The zero-order valence-electron chi connectivity index (χ0n) is 17.9. The molecule has 0 amide bonds. The molecular weight excluding hydrogens is 428 g/mol. The maximum atomic E-state index is 12.1. The van der Waals surface area contributed by atoms with Crippen molar-refractivity contribution in [3.63, 3.8) is 0 Å². The van der Waals surface area contributed by atoms with Gasteiger partial charge in [0.2, 0.25) is 6.79 Å². The molecule has 0 fully saturated rings. The Hall–Kier alpha value is -3.25. The second-order valence-corrected chi connectivity index (χ2v) is 8.13. The van der Waals surface area contributed by atoms with Crippen LogP contribution in [0.15, 0.2) is 54.2 Å². The summed E-state index contributed by atoms with van der Waals surface area (Å²) in [7, 11) is 0. The minimum Gasteiger partial charge on any atom is -0.478 e. The topological polar surface area (TPSA) is 73.6 Å². The van der Waals surface area contributed by atoms with Crippen molar-refractivity contribution < 1.29 is 19.4 Å². The molecule has 1 aliphatic rings.